The van der Waals surface area contributed by atoms with E-state index in [0.717, 1.165) is 35.2 Å². The van der Waals surface area contributed by atoms with Crippen molar-refractivity contribution in [1.29, 1.82) is 0 Å². The molecular formula is C16H18ClNO. The van der Waals surface area contributed by atoms with Crippen LogP contribution in [-0.4, -0.2) is 6.54 Å². The second-order valence-electron chi connectivity index (χ2n) is 4.45. The first-order chi connectivity index (χ1) is 9.19. The lowest BCUT2D eigenvalue weighted by Gasteiger charge is -2.12. The second-order valence-corrected chi connectivity index (χ2v) is 4.88. The van der Waals surface area contributed by atoms with E-state index in [1.807, 2.05) is 42.5 Å². The maximum Gasteiger partial charge on any atom is 0.132 e. The van der Waals surface area contributed by atoms with Gasteiger partial charge in [-0.1, -0.05) is 36.2 Å². The highest BCUT2D eigenvalue weighted by Crippen LogP contribution is 2.28. The van der Waals surface area contributed by atoms with Gasteiger partial charge in [-0.3, -0.25) is 0 Å². The van der Waals surface area contributed by atoms with E-state index in [1.165, 1.54) is 5.56 Å². The van der Waals surface area contributed by atoms with Gasteiger partial charge in [0.2, 0.25) is 0 Å². The number of hydrogen-bond acceptors (Lipinski definition) is 2. The zero-order valence-electron chi connectivity index (χ0n) is 11.2. The van der Waals surface area contributed by atoms with Gasteiger partial charge in [0.25, 0.3) is 0 Å². The molecule has 0 heterocycles. The molecule has 2 aromatic carbocycles. The van der Waals surface area contributed by atoms with Gasteiger partial charge in [-0.15, -0.1) is 0 Å². The third-order valence-corrected chi connectivity index (χ3v) is 3.07. The Bertz CT molecular complexity index is 537. The van der Waals surface area contributed by atoms with Crippen LogP contribution in [0.3, 0.4) is 0 Å². The Labute approximate surface area is 119 Å². The van der Waals surface area contributed by atoms with Crippen LogP contribution in [0.1, 0.15) is 18.1 Å². The Morgan fingerprint density at radius 2 is 1.84 bits per heavy atom. The molecular weight excluding hydrogens is 258 g/mol. The van der Waals surface area contributed by atoms with Crippen molar-refractivity contribution in [3.8, 4) is 11.5 Å². The van der Waals surface area contributed by atoms with Crippen molar-refractivity contribution in [2.75, 3.05) is 6.54 Å². The number of hydrogen-bond donors (Lipinski definition) is 1. The predicted octanol–water partition coefficient (Wildman–Crippen LogP) is 4.55. The predicted molar refractivity (Wildman–Crippen MR) is 80.1 cm³/mol. The number of ether oxygens (including phenoxy) is 1. The molecule has 2 aromatic rings. The lowest BCUT2D eigenvalue weighted by molar-refractivity contribution is 0.473. The number of halogens is 1. The number of rotatable bonds is 5. The molecule has 0 aromatic heterocycles. The summed E-state index contributed by atoms with van der Waals surface area (Å²) in [7, 11) is 0. The number of benzene rings is 2. The molecule has 0 radical (unpaired) electrons. The monoisotopic (exact) mass is 275 g/mol. The van der Waals surface area contributed by atoms with Gasteiger partial charge in [0, 0.05) is 17.1 Å². The molecule has 0 saturated carbocycles. The molecule has 2 nitrogen and oxygen atoms in total. The Hall–Kier alpha value is -1.51. The van der Waals surface area contributed by atoms with Crippen LogP contribution in [0.25, 0.3) is 0 Å². The number of aryl methyl sites for hydroxylation is 1. The highest BCUT2D eigenvalue weighted by atomic mass is 35.5. The normalized spacial score (nSPS) is 10.5. The molecule has 2 rings (SSSR count). The summed E-state index contributed by atoms with van der Waals surface area (Å²) in [4.78, 5) is 0. The molecule has 0 aliphatic rings. The molecule has 100 valence electrons. The molecule has 0 bridgehead atoms. The molecule has 0 aliphatic heterocycles. The minimum atomic E-state index is 0.726. The Balaban J connectivity index is 2.20. The quantitative estimate of drug-likeness (QED) is 0.864. The summed E-state index contributed by atoms with van der Waals surface area (Å²) >= 11 is 6.04. The van der Waals surface area contributed by atoms with Crippen molar-refractivity contribution in [3.63, 3.8) is 0 Å². The van der Waals surface area contributed by atoms with E-state index in [9.17, 15) is 0 Å². The lowest BCUT2D eigenvalue weighted by atomic mass is 10.2. The third-order valence-electron chi connectivity index (χ3n) is 2.84. The van der Waals surface area contributed by atoms with Crippen LogP contribution >= 0.6 is 11.6 Å². The Kier molecular flexibility index (Phi) is 4.83. The minimum Gasteiger partial charge on any atom is -0.457 e. The topological polar surface area (TPSA) is 21.3 Å². The van der Waals surface area contributed by atoms with Crippen LogP contribution in [0.4, 0.5) is 0 Å². The SMILES string of the molecule is CCNCc1cc(Cl)ccc1Oc1ccc(C)cc1. The summed E-state index contributed by atoms with van der Waals surface area (Å²) in [6, 6.07) is 13.7. The lowest BCUT2D eigenvalue weighted by Crippen LogP contribution is -2.12. The molecule has 0 saturated heterocycles. The van der Waals surface area contributed by atoms with Crippen molar-refractivity contribution in [1.82, 2.24) is 5.32 Å². The molecule has 19 heavy (non-hydrogen) atoms. The fourth-order valence-corrected chi connectivity index (χ4v) is 1.97. The van der Waals surface area contributed by atoms with Crippen molar-refractivity contribution in [2.45, 2.75) is 20.4 Å². The van der Waals surface area contributed by atoms with Crippen LogP contribution in [-0.2, 0) is 6.54 Å². The molecule has 1 N–H and O–H groups in total. The summed E-state index contributed by atoms with van der Waals surface area (Å²) in [5.74, 6) is 1.68. The van der Waals surface area contributed by atoms with Crippen molar-refractivity contribution in [3.05, 3.63) is 58.6 Å². The maximum absolute atomic E-state index is 6.04. The molecule has 0 amide bonds. The van der Waals surface area contributed by atoms with E-state index in [2.05, 4.69) is 19.2 Å². The smallest absolute Gasteiger partial charge is 0.132 e. The third kappa shape index (κ3) is 3.98. The van der Waals surface area contributed by atoms with E-state index >= 15 is 0 Å². The van der Waals surface area contributed by atoms with Gasteiger partial charge in [0.05, 0.1) is 0 Å². The summed E-state index contributed by atoms with van der Waals surface area (Å²) < 4.78 is 5.92. The van der Waals surface area contributed by atoms with Gasteiger partial charge in [0.1, 0.15) is 11.5 Å². The van der Waals surface area contributed by atoms with Gasteiger partial charge in [-0.2, -0.15) is 0 Å². The highest BCUT2D eigenvalue weighted by Gasteiger charge is 2.05. The summed E-state index contributed by atoms with van der Waals surface area (Å²) in [6.45, 7) is 5.79. The maximum atomic E-state index is 6.04. The van der Waals surface area contributed by atoms with Crippen LogP contribution in [0, 0.1) is 6.92 Å². The van der Waals surface area contributed by atoms with E-state index in [4.69, 9.17) is 16.3 Å². The highest BCUT2D eigenvalue weighted by molar-refractivity contribution is 6.30. The molecule has 0 fully saturated rings. The van der Waals surface area contributed by atoms with Gasteiger partial charge in [-0.25, -0.2) is 0 Å². The average molecular weight is 276 g/mol. The van der Waals surface area contributed by atoms with Gasteiger partial charge in [-0.05, 0) is 43.8 Å². The van der Waals surface area contributed by atoms with Gasteiger partial charge in [0.15, 0.2) is 0 Å². The van der Waals surface area contributed by atoms with Gasteiger partial charge < -0.3 is 10.1 Å². The largest absolute Gasteiger partial charge is 0.457 e. The Morgan fingerprint density at radius 1 is 1.11 bits per heavy atom. The van der Waals surface area contributed by atoms with E-state index < -0.39 is 0 Å². The first-order valence-corrected chi connectivity index (χ1v) is 6.80. The van der Waals surface area contributed by atoms with E-state index in [0.29, 0.717) is 0 Å². The van der Waals surface area contributed by atoms with Crippen LogP contribution < -0.4 is 10.1 Å². The summed E-state index contributed by atoms with van der Waals surface area (Å²) in [5, 5.41) is 4.01. The standard InChI is InChI=1S/C16H18ClNO/c1-3-18-11-13-10-14(17)6-9-16(13)19-15-7-4-12(2)5-8-15/h4-10,18H,3,11H2,1-2H3. The first kappa shape index (κ1) is 13.9. The fourth-order valence-electron chi connectivity index (χ4n) is 1.78. The average Bonchev–Trinajstić information content (AvgIpc) is 2.41. The van der Waals surface area contributed by atoms with Crippen LogP contribution in [0.5, 0.6) is 11.5 Å². The summed E-state index contributed by atoms with van der Waals surface area (Å²) in [5.41, 5.74) is 2.28. The molecule has 0 aliphatic carbocycles. The van der Waals surface area contributed by atoms with Gasteiger partial charge >= 0.3 is 0 Å². The second kappa shape index (κ2) is 6.60. The van der Waals surface area contributed by atoms with Crippen LogP contribution in [0.2, 0.25) is 5.02 Å². The van der Waals surface area contributed by atoms with Crippen molar-refractivity contribution >= 4 is 11.6 Å². The number of nitrogens with one attached hydrogen (secondary N) is 1. The Morgan fingerprint density at radius 3 is 2.53 bits per heavy atom. The van der Waals surface area contributed by atoms with E-state index in [1.54, 1.807) is 0 Å². The fraction of sp³-hybridized carbons (Fsp3) is 0.250. The van der Waals surface area contributed by atoms with Crippen molar-refractivity contribution in [2.24, 2.45) is 0 Å². The zero-order chi connectivity index (χ0) is 13.7. The van der Waals surface area contributed by atoms with Crippen molar-refractivity contribution < 1.29 is 4.74 Å². The molecule has 0 atom stereocenters. The zero-order valence-corrected chi connectivity index (χ0v) is 12.0. The minimum absolute atomic E-state index is 0.726. The molecule has 0 spiro atoms. The van der Waals surface area contributed by atoms with E-state index in [-0.39, 0.29) is 0 Å². The van der Waals surface area contributed by atoms with Crippen LogP contribution in [0.15, 0.2) is 42.5 Å². The molecule has 0 unspecified atom stereocenters. The summed E-state index contributed by atoms with van der Waals surface area (Å²) in [6.07, 6.45) is 0. The first-order valence-electron chi connectivity index (χ1n) is 6.42. The molecule has 3 heteroatoms.